The minimum atomic E-state index is 0.103. The summed E-state index contributed by atoms with van der Waals surface area (Å²) in [5.74, 6) is 0.137. The molecule has 0 heterocycles. The Morgan fingerprint density at radius 3 is 2.60 bits per heavy atom. The zero-order valence-electron chi connectivity index (χ0n) is 12.0. The molecule has 0 aliphatic rings. The summed E-state index contributed by atoms with van der Waals surface area (Å²) in [6.07, 6.45) is 1.26. The lowest BCUT2D eigenvalue weighted by Crippen LogP contribution is -2.30. The van der Waals surface area contributed by atoms with Gasteiger partial charge in [-0.1, -0.05) is 42.5 Å². The van der Waals surface area contributed by atoms with E-state index in [-0.39, 0.29) is 11.3 Å². The quantitative estimate of drug-likeness (QED) is 0.766. The van der Waals surface area contributed by atoms with Crippen LogP contribution in [0.2, 0.25) is 0 Å². The molecule has 1 amide bonds. The molecule has 0 saturated carbocycles. The molecule has 2 nitrogen and oxygen atoms in total. The highest BCUT2D eigenvalue weighted by atomic mass is 35.5. The van der Waals surface area contributed by atoms with E-state index in [4.69, 9.17) is 11.6 Å². The molecule has 1 atom stereocenters. The highest BCUT2D eigenvalue weighted by molar-refractivity contribution is 6.20. The molecule has 0 radical (unpaired) electrons. The average molecular weight is 290 g/mol. The lowest BCUT2D eigenvalue weighted by molar-refractivity contribution is -0.129. The van der Waals surface area contributed by atoms with Gasteiger partial charge >= 0.3 is 0 Å². The summed E-state index contributed by atoms with van der Waals surface area (Å²) in [7, 11) is 1.84. The Morgan fingerprint density at radius 2 is 1.90 bits per heavy atom. The molecule has 0 saturated heterocycles. The molecule has 20 heavy (non-hydrogen) atoms. The molecule has 3 heteroatoms. The van der Waals surface area contributed by atoms with Crippen molar-refractivity contribution in [2.75, 3.05) is 13.6 Å². The summed E-state index contributed by atoms with van der Waals surface area (Å²) in [4.78, 5) is 13.9. The van der Waals surface area contributed by atoms with Crippen LogP contribution < -0.4 is 0 Å². The van der Waals surface area contributed by atoms with Crippen LogP contribution in [0.25, 0.3) is 10.8 Å². The second-order valence-electron chi connectivity index (χ2n) is 5.24. The largest absolute Gasteiger partial charge is 0.345 e. The van der Waals surface area contributed by atoms with Gasteiger partial charge in [-0.25, -0.2) is 0 Å². The van der Waals surface area contributed by atoms with Gasteiger partial charge in [0.05, 0.1) is 6.42 Å². The van der Waals surface area contributed by atoms with Crippen LogP contribution in [0.15, 0.2) is 42.5 Å². The van der Waals surface area contributed by atoms with Crippen molar-refractivity contribution in [2.45, 2.75) is 25.1 Å². The minimum Gasteiger partial charge on any atom is -0.345 e. The third-order valence-corrected chi connectivity index (χ3v) is 3.68. The smallest absolute Gasteiger partial charge is 0.226 e. The molecule has 106 valence electrons. The molecule has 0 aromatic heterocycles. The predicted molar refractivity (Wildman–Crippen MR) is 85.2 cm³/mol. The molecule has 0 bridgehead atoms. The molecule has 0 aliphatic carbocycles. The average Bonchev–Trinajstić information content (AvgIpc) is 2.44. The number of fused-ring (bicyclic) bond motifs is 1. The van der Waals surface area contributed by atoms with Crippen molar-refractivity contribution < 1.29 is 4.79 Å². The van der Waals surface area contributed by atoms with Crippen molar-refractivity contribution in [2.24, 2.45) is 0 Å². The molecule has 2 rings (SSSR count). The van der Waals surface area contributed by atoms with E-state index in [1.165, 1.54) is 10.8 Å². The summed E-state index contributed by atoms with van der Waals surface area (Å²) >= 11 is 5.91. The predicted octanol–water partition coefficient (Wildman–Crippen LogP) is 3.86. The number of carbonyl (C=O) groups excluding carboxylic acids is 1. The van der Waals surface area contributed by atoms with Crippen molar-refractivity contribution >= 4 is 28.3 Å². The van der Waals surface area contributed by atoms with E-state index in [2.05, 4.69) is 24.3 Å². The van der Waals surface area contributed by atoms with Crippen molar-refractivity contribution in [3.05, 3.63) is 48.0 Å². The number of alkyl halides is 1. The van der Waals surface area contributed by atoms with E-state index in [1.54, 1.807) is 4.90 Å². The van der Waals surface area contributed by atoms with Crippen molar-refractivity contribution in [3.8, 4) is 0 Å². The van der Waals surface area contributed by atoms with Crippen LogP contribution >= 0.6 is 11.6 Å². The van der Waals surface area contributed by atoms with Crippen molar-refractivity contribution in [1.29, 1.82) is 0 Å². The molecule has 0 fully saturated rings. The zero-order valence-corrected chi connectivity index (χ0v) is 12.7. The number of carbonyl (C=O) groups is 1. The lowest BCUT2D eigenvalue weighted by Gasteiger charge is -2.18. The number of likely N-dealkylation sites (N-methyl/N-ethyl adjacent to an activating group) is 1. The summed E-state index contributed by atoms with van der Waals surface area (Å²) < 4.78 is 0. The lowest BCUT2D eigenvalue weighted by atomic mass is 10.0. The van der Waals surface area contributed by atoms with E-state index in [9.17, 15) is 4.79 Å². The Kier molecular flexibility index (Phi) is 5.02. The maximum Gasteiger partial charge on any atom is 0.226 e. The summed E-state index contributed by atoms with van der Waals surface area (Å²) in [6.45, 7) is 2.65. The Morgan fingerprint density at radius 1 is 1.20 bits per heavy atom. The maximum atomic E-state index is 12.1. The van der Waals surface area contributed by atoms with Crippen LogP contribution in [0.4, 0.5) is 0 Å². The molecule has 0 aliphatic heterocycles. The Bertz CT molecular complexity index is 594. The van der Waals surface area contributed by atoms with Crippen LogP contribution in [0.3, 0.4) is 0 Å². The van der Waals surface area contributed by atoms with E-state index < -0.39 is 0 Å². The summed E-state index contributed by atoms with van der Waals surface area (Å²) in [5, 5.41) is 2.48. The third-order valence-electron chi connectivity index (χ3n) is 3.46. The highest BCUT2D eigenvalue weighted by Gasteiger charge is 2.10. The minimum absolute atomic E-state index is 0.103. The van der Waals surface area contributed by atoms with E-state index in [0.29, 0.717) is 13.0 Å². The first kappa shape index (κ1) is 14.9. The van der Waals surface area contributed by atoms with Crippen molar-refractivity contribution in [1.82, 2.24) is 4.90 Å². The van der Waals surface area contributed by atoms with E-state index >= 15 is 0 Å². The standard InChI is InChI=1S/C17H20ClNO/c1-13(18)9-10-19(2)17(20)12-14-7-8-15-5-3-4-6-16(15)11-14/h3-8,11,13H,9-10,12H2,1-2H3. The topological polar surface area (TPSA) is 20.3 Å². The van der Waals surface area contributed by atoms with Gasteiger partial charge in [-0.15, -0.1) is 11.6 Å². The number of hydrogen-bond acceptors (Lipinski definition) is 1. The molecular weight excluding hydrogens is 270 g/mol. The molecule has 0 N–H and O–H groups in total. The molecule has 0 spiro atoms. The second-order valence-corrected chi connectivity index (χ2v) is 5.99. The maximum absolute atomic E-state index is 12.1. The van der Waals surface area contributed by atoms with Gasteiger partial charge in [-0.2, -0.15) is 0 Å². The number of benzene rings is 2. The van der Waals surface area contributed by atoms with E-state index in [0.717, 1.165) is 12.0 Å². The SMILES string of the molecule is CC(Cl)CCN(C)C(=O)Cc1ccc2ccccc2c1. The van der Waals surface area contributed by atoms with Gasteiger partial charge in [0.15, 0.2) is 0 Å². The molecular formula is C17H20ClNO. The second kappa shape index (κ2) is 6.76. The van der Waals surface area contributed by atoms with Gasteiger partial charge in [0.1, 0.15) is 0 Å². The number of nitrogens with zero attached hydrogens (tertiary/aromatic N) is 1. The summed E-state index contributed by atoms with van der Waals surface area (Å²) in [6, 6.07) is 14.4. The van der Waals surface area contributed by atoms with E-state index in [1.807, 2.05) is 32.2 Å². The van der Waals surface area contributed by atoms with Crippen LogP contribution in [-0.2, 0) is 11.2 Å². The van der Waals surface area contributed by atoms with Crippen LogP contribution in [0.5, 0.6) is 0 Å². The summed E-state index contributed by atoms with van der Waals surface area (Å²) in [5.41, 5.74) is 1.06. The van der Waals surface area contributed by atoms with Gasteiger partial charge in [0.25, 0.3) is 0 Å². The number of rotatable bonds is 5. The number of amides is 1. The normalized spacial score (nSPS) is 12.3. The highest BCUT2D eigenvalue weighted by Crippen LogP contribution is 2.16. The monoisotopic (exact) mass is 289 g/mol. The van der Waals surface area contributed by atoms with Crippen LogP contribution in [-0.4, -0.2) is 29.8 Å². The number of halogens is 1. The molecule has 2 aromatic carbocycles. The first-order valence-electron chi connectivity index (χ1n) is 6.92. The van der Waals surface area contributed by atoms with Gasteiger partial charge in [0.2, 0.25) is 5.91 Å². The van der Waals surface area contributed by atoms with Gasteiger partial charge in [-0.3, -0.25) is 4.79 Å². The third kappa shape index (κ3) is 3.97. The fourth-order valence-corrected chi connectivity index (χ4v) is 2.25. The zero-order chi connectivity index (χ0) is 14.5. The Labute approximate surface area is 125 Å². The first-order chi connectivity index (χ1) is 9.56. The fourth-order valence-electron chi connectivity index (χ4n) is 2.15. The number of hydrogen-bond donors (Lipinski definition) is 0. The van der Waals surface area contributed by atoms with Gasteiger partial charge < -0.3 is 4.90 Å². The van der Waals surface area contributed by atoms with Gasteiger partial charge in [0, 0.05) is 19.0 Å². The molecule has 1 unspecified atom stereocenters. The van der Waals surface area contributed by atoms with Crippen LogP contribution in [0, 0.1) is 0 Å². The Balaban J connectivity index is 2.02. The first-order valence-corrected chi connectivity index (χ1v) is 7.35. The van der Waals surface area contributed by atoms with Gasteiger partial charge in [-0.05, 0) is 29.7 Å². The molecule has 2 aromatic rings. The Hall–Kier alpha value is -1.54. The van der Waals surface area contributed by atoms with Crippen LogP contribution in [0.1, 0.15) is 18.9 Å². The fraction of sp³-hybridized carbons (Fsp3) is 0.353. The van der Waals surface area contributed by atoms with Crippen molar-refractivity contribution in [3.63, 3.8) is 0 Å².